The minimum atomic E-state index is -0.339. The molecule has 0 aliphatic carbocycles. The van der Waals surface area contributed by atoms with Crippen molar-refractivity contribution in [3.8, 4) is 11.9 Å². The molecule has 3 N–H and O–H groups in total. The Morgan fingerprint density at radius 3 is 2.30 bits per heavy atom. The second-order valence-electron chi connectivity index (χ2n) is 6.72. The lowest BCUT2D eigenvalue weighted by Gasteiger charge is -2.26. The summed E-state index contributed by atoms with van der Waals surface area (Å²) < 4.78 is 5.62. The predicted molar refractivity (Wildman–Crippen MR) is 104 cm³/mol. The molecule has 1 aliphatic heterocycles. The fraction of sp³-hybridized carbons (Fsp3) is 0.0909. The van der Waals surface area contributed by atoms with Crippen LogP contribution in [-0.4, -0.2) is 10.2 Å². The van der Waals surface area contributed by atoms with Crippen LogP contribution in [0.1, 0.15) is 22.7 Å². The third-order valence-corrected chi connectivity index (χ3v) is 5.23. The second-order valence-corrected chi connectivity index (χ2v) is 6.72. The Morgan fingerprint density at radius 1 is 1.04 bits per heavy atom. The number of nitriles is 1. The van der Waals surface area contributed by atoms with Crippen LogP contribution < -0.4 is 10.5 Å². The number of hydrogen-bond donors (Lipinski definition) is 2. The van der Waals surface area contributed by atoms with E-state index in [0.29, 0.717) is 11.5 Å². The van der Waals surface area contributed by atoms with Crippen LogP contribution in [0.5, 0.6) is 5.88 Å². The molecule has 27 heavy (non-hydrogen) atoms. The number of H-pyrrole nitrogens is 1. The van der Waals surface area contributed by atoms with Gasteiger partial charge in [0.15, 0.2) is 0 Å². The largest absolute Gasteiger partial charge is 0.420 e. The highest BCUT2D eigenvalue weighted by molar-refractivity contribution is 6.03. The second kappa shape index (κ2) is 5.61. The van der Waals surface area contributed by atoms with E-state index in [9.17, 15) is 5.26 Å². The first kappa shape index (κ1) is 15.5. The summed E-state index contributed by atoms with van der Waals surface area (Å²) in [5.41, 5.74) is 9.31. The van der Waals surface area contributed by atoms with Crippen LogP contribution in [0.4, 0.5) is 0 Å². The number of nitrogens with two attached hydrogens (primary N) is 1. The van der Waals surface area contributed by atoms with E-state index >= 15 is 0 Å². The van der Waals surface area contributed by atoms with Gasteiger partial charge in [0.2, 0.25) is 11.8 Å². The molecule has 130 valence electrons. The quantitative estimate of drug-likeness (QED) is 0.502. The maximum atomic E-state index is 9.89. The van der Waals surface area contributed by atoms with Crippen molar-refractivity contribution < 1.29 is 4.74 Å². The van der Waals surface area contributed by atoms with Gasteiger partial charge >= 0.3 is 0 Å². The highest BCUT2D eigenvalue weighted by Gasteiger charge is 2.36. The monoisotopic (exact) mass is 352 g/mol. The van der Waals surface area contributed by atoms with Crippen LogP contribution in [-0.2, 0) is 0 Å². The highest BCUT2D eigenvalue weighted by Crippen LogP contribution is 2.47. The number of aromatic amines is 1. The van der Waals surface area contributed by atoms with Crippen LogP contribution in [0.2, 0.25) is 0 Å². The molecule has 0 amide bonds. The van der Waals surface area contributed by atoms with Gasteiger partial charge in [-0.25, -0.2) is 0 Å². The fourth-order valence-corrected chi connectivity index (χ4v) is 4.05. The SMILES string of the molecule is Cc1[nH]nc2c1[C@H](c1c3ccccc3cc3ccccc13)C(C#N)=C(N)O2. The number of aryl methyl sites for hydroxylation is 1. The first-order chi connectivity index (χ1) is 13.2. The molecule has 5 heteroatoms. The zero-order valence-electron chi connectivity index (χ0n) is 14.7. The van der Waals surface area contributed by atoms with Crippen molar-refractivity contribution in [3.63, 3.8) is 0 Å². The Hall–Kier alpha value is -3.78. The summed E-state index contributed by atoms with van der Waals surface area (Å²) in [6, 6.07) is 20.9. The summed E-state index contributed by atoms with van der Waals surface area (Å²) in [5, 5.41) is 21.5. The van der Waals surface area contributed by atoms with Crippen molar-refractivity contribution in [3.05, 3.63) is 82.9 Å². The molecule has 1 aromatic heterocycles. The van der Waals surface area contributed by atoms with Crippen molar-refractivity contribution in [2.75, 3.05) is 0 Å². The van der Waals surface area contributed by atoms with Gasteiger partial charge in [-0.2, -0.15) is 5.26 Å². The van der Waals surface area contributed by atoms with Crippen LogP contribution in [0.25, 0.3) is 21.5 Å². The minimum absolute atomic E-state index is 0.110. The van der Waals surface area contributed by atoms with Gasteiger partial charge in [0.05, 0.1) is 5.92 Å². The molecule has 0 unspecified atom stereocenters. The Labute approximate surface area is 155 Å². The summed E-state index contributed by atoms with van der Waals surface area (Å²) in [6.07, 6.45) is 0. The molecular formula is C22H16N4O. The molecule has 2 heterocycles. The van der Waals surface area contributed by atoms with Crippen LogP contribution in [0.15, 0.2) is 66.1 Å². The number of aromatic nitrogens is 2. The van der Waals surface area contributed by atoms with Gasteiger partial charge in [-0.15, -0.1) is 5.10 Å². The van der Waals surface area contributed by atoms with E-state index in [-0.39, 0.29) is 11.8 Å². The topological polar surface area (TPSA) is 87.7 Å². The molecule has 0 radical (unpaired) electrons. The maximum Gasteiger partial charge on any atom is 0.244 e. The van der Waals surface area contributed by atoms with Crippen molar-refractivity contribution >= 4 is 21.5 Å². The number of rotatable bonds is 1. The fourth-order valence-electron chi connectivity index (χ4n) is 4.05. The maximum absolute atomic E-state index is 9.89. The zero-order chi connectivity index (χ0) is 18.5. The molecule has 0 fully saturated rings. The van der Waals surface area contributed by atoms with Gasteiger partial charge in [0.1, 0.15) is 11.6 Å². The molecule has 0 spiro atoms. The van der Waals surface area contributed by atoms with Gasteiger partial charge in [-0.1, -0.05) is 48.5 Å². The number of ether oxygens (including phenoxy) is 1. The average molecular weight is 352 g/mol. The molecule has 0 saturated carbocycles. The van der Waals surface area contributed by atoms with Gasteiger partial charge in [0, 0.05) is 11.3 Å². The van der Waals surface area contributed by atoms with Crippen molar-refractivity contribution in [1.82, 2.24) is 10.2 Å². The van der Waals surface area contributed by atoms with Crippen LogP contribution in [0.3, 0.4) is 0 Å². The third-order valence-electron chi connectivity index (χ3n) is 5.23. The van der Waals surface area contributed by atoms with Gasteiger partial charge in [-0.3, -0.25) is 5.10 Å². The number of nitrogens with one attached hydrogen (secondary N) is 1. The lowest BCUT2D eigenvalue weighted by Crippen LogP contribution is -2.21. The standard InChI is InChI=1S/C22H16N4O/c1-12-18-20(17(11-23)21(24)27-22(18)26-25-12)19-15-8-4-2-6-13(15)10-14-7-3-5-9-16(14)19/h2-10,20H,24H2,1H3,(H,25,26)/t20-/m1/s1. The Morgan fingerprint density at radius 2 is 1.67 bits per heavy atom. The Bertz CT molecular complexity index is 1240. The first-order valence-electron chi connectivity index (χ1n) is 8.72. The van der Waals surface area contributed by atoms with E-state index < -0.39 is 0 Å². The van der Waals surface area contributed by atoms with E-state index in [1.807, 2.05) is 31.2 Å². The third kappa shape index (κ3) is 2.14. The van der Waals surface area contributed by atoms with E-state index in [4.69, 9.17) is 10.5 Å². The molecule has 0 saturated heterocycles. The van der Waals surface area contributed by atoms with Gasteiger partial charge in [0.25, 0.3) is 0 Å². The molecule has 3 aromatic carbocycles. The Balaban J connectivity index is 1.98. The number of benzene rings is 3. The summed E-state index contributed by atoms with van der Waals surface area (Å²) in [6.45, 7) is 1.94. The van der Waals surface area contributed by atoms with Crippen LogP contribution >= 0.6 is 0 Å². The molecule has 1 aliphatic rings. The molecular weight excluding hydrogens is 336 g/mol. The smallest absolute Gasteiger partial charge is 0.244 e. The molecule has 1 atom stereocenters. The number of hydrogen-bond acceptors (Lipinski definition) is 4. The van der Waals surface area contributed by atoms with Gasteiger partial charge in [-0.05, 0) is 40.1 Å². The van der Waals surface area contributed by atoms with Crippen molar-refractivity contribution in [2.45, 2.75) is 12.8 Å². The molecule has 5 rings (SSSR count). The van der Waals surface area contributed by atoms with Crippen molar-refractivity contribution in [2.24, 2.45) is 5.73 Å². The summed E-state index contributed by atoms with van der Waals surface area (Å²) in [5.74, 6) is 0.207. The Kier molecular flexibility index (Phi) is 3.22. The zero-order valence-corrected chi connectivity index (χ0v) is 14.7. The van der Waals surface area contributed by atoms with Gasteiger partial charge < -0.3 is 10.5 Å². The molecule has 5 nitrogen and oxygen atoms in total. The number of allylic oxidation sites excluding steroid dienone is 1. The van der Waals surface area contributed by atoms with E-state index in [0.717, 1.165) is 38.4 Å². The lowest BCUT2D eigenvalue weighted by atomic mass is 9.79. The summed E-state index contributed by atoms with van der Waals surface area (Å²) in [4.78, 5) is 0. The number of fused-ring (bicyclic) bond motifs is 3. The lowest BCUT2D eigenvalue weighted by molar-refractivity contribution is 0.379. The van der Waals surface area contributed by atoms with E-state index in [2.05, 4.69) is 46.6 Å². The van der Waals surface area contributed by atoms with E-state index in [1.54, 1.807) is 0 Å². The normalized spacial score (nSPS) is 16.2. The minimum Gasteiger partial charge on any atom is -0.420 e. The molecule has 4 aromatic rings. The predicted octanol–water partition coefficient (Wildman–Crippen LogP) is 4.24. The highest BCUT2D eigenvalue weighted by atomic mass is 16.5. The molecule has 0 bridgehead atoms. The first-order valence-corrected chi connectivity index (χ1v) is 8.72. The van der Waals surface area contributed by atoms with Crippen molar-refractivity contribution in [1.29, 1.82) is 5.26 Å². The summed E-state index contributed by atoms with van der Waals surface area (Å²) >= 11 is 0. The van der Waals surface area contributed by atoms with Crippen LogP contribution in [0, 0.1) is 18.3 Å². The number of nitrogens with zero attached hydrogens (tertiary/aromatic N) is 2. The summed E-state index contributed by atoms with van der Waals surface area (Å²) in [7, 11) is 0. The van der Waals surface area contributed by atoms with E-state index in [1.165, 1.54) is 0 Å². The average Bonchev–Trinajstić information content (AvgIpc) is 3.05.